The number of aromatic nitrogens is 1. The third-order valence-electron chi connectivity index (χ3n) is 4.54. The van der Waals surface area contributed by atoms with Crippen molar-refractivity contribution in [2.75, 3.05) is 27.4 Å². The van der Waals surface area contributed by atoms with E-state index < -0.39 is 0 Å². The van der Waals surface area contributed by atoms with E-state index in [1.165, 1.54) is 5.69 Å². The summed E-state index contributed by atoms with van der Waals surface area (Å²) in [5.41, 5.74) is 1.84. The Balaban J connectivity index is 1.83. The summed E-state index contributed by atoms with van der Waals surface area (Å²) >= 11 is 0. The van der Waals surface area contributed by atoms with Gasteiger partial charge in [0.2, 0.25) is 0 Å². The maximum atomic E-state index is 13.0. The van der Waals surface area contributed by atoms with Crippen molar-refractivity contribution in [1.29, 1.82) is 0 Å². The molecule has 3 rings (SSSR count). The number of carbonyl (C=O) groups is 1. The second-order valence-electron chi connectivity index (χ2n) is 6.22. The van der Waals surface area contributed by atoms with Gasteiger partial charge in [0.1, 0.15) is 5.75 Å². The second-order valence-corrected chi connectivity index (χ2v) is 6.22. The van der Waals surface area contributed by atoms with Crippen LogP contribution in [0.5, 0.6) is 5.75 Å². The smallest absolute Gasteiger partial charge is 0.254 e. The summed E-state index contributed by atoms with van der Waals surface area (Å²) < 4.78 is 12.7. The van der Waals surface area contributed by atoms with Gasteiger partial charge in [0.15, 0.2) is 0 Å². The number of fused-ring (bicyclic) bond motifs is 1. The van der Waals surface area contributed by atoms with Gasteiger partial charge in [0.25, 0.3) is 5.91 Å². The van der Waals surface area contributed by atoms with Crippen molar-refractivity contribution in [3.8, 4) is 5.75 Å². The first-order chi connectivity index (χ1) is 11.7. The molecule has 1 aliphatic heterocycles. The summed E-state index contributed by atoms with van der Waals surface area (Å²) in [4.78, 5) is 14.9. The number of hydrogen-bond acceptors (Lipinski definition) is 3. The summed E-state index contributed by atoms with van der Waals surface area (Å²) in [5.74, 6) is 1.13. The van der Waals surface area contributed by atoms with Crippen molar-refractivity contribution in [2.24, 2.45) is 5.92 Å². The summed E-state index contributed by atoms with van der Waals surface area (Å²) in [5, 5.41) is 0. The number of rotatable bonds is 5. The van der Waals surface area contributed by atoms with Gasteiger partial charge in [-0.05, 0) is 42.7 Å². The molecule has 0 fully saturated rings. The lowest BCUT2D eigenvalue weighted by Crippen LogP contribution is -2.34. The minimum absolute atomic E-state index is 0.0472. The molecule has 1 aliphatic rings. The minimum Gasteiger partial charge on any atom is -0.497 e. The van der Waals surface area contributed by atoms with Gasteiger partial charge < -0.3 is 18.9 Å². The van der Waals surface area contributed by atoms with Gasteiger partial charge in [-0.2, -0.15) is 0 Å². The number of benzene rings is 1. The molecule has 2 heterocycles. The van der Waals surface area contributed by atoms with Crippen molar-refractivity contribution in [3.63, 3.8) is 0 Å². The van der Waals surface area contributed by atoms with E-state index in [0.717, 1.165) is 19.5 Å². The van der Waals surface area contributed by atoms with E-state index in [2.05, 4.69) is 16.8 Å². The van der Waals surface area contributed by atoms with Crippen molar-refractivity contribution in [1.82, 2.24) is 9.47 Å². The van der Waals surface area contributed by atoms with Crippen molar-refractivity contribution < 1.29 is 14.3 Å². The number of nitrogens with zero attached hydrogens (tertiary/aromatic N) is 2. The molecule has 0 N–H and O–H groups in total. The van der Waals surface area contributed by atoms with Gasteiger partial charge >= 0.3 is 0 Å². The molecule has 2 aromatic rings. The van der Waals surface area contributed by atoms with Crippen LogP contribution in [0.3, 0.4) is 0 Å². The highest BCUT2D eigenvalue weighted by atomic mass is 16.5. The maximum Gasteiger partial charge on any atom is 0.254 e. The molecule has 1 aromatic carbocycles. The predicted molar refractivity (Wildman–Crippen MR) is 92.1 cm³/mol. The molecule has 1 aromatic heterocycles. The molecular weight excluding hydrogens is 304 g/mol. The van der Waals surface area contributed by atoms with Gasteiger partial charge in [-0.25, -0.2) is 0 Å². The normalized spacial score (nSPS) is 17.2. The highest BCUT2D eigenvalue weighted by Gasteiger charge is 2.25. The molecule has 128 valence electrons. The van der Waals surface area contributed by atoms with Crippen LogP contribution in [0, 0.1) is 5.92 Å². The SMILES string of the molecule is COCC[C@@H]1CN(C(=O)c2cccc(OC)c2)Cc2cccn2C1. The van der Waals surface area contributed by atoms with Gasteiger partial charge in [-0.3, -0.25) is 4.79 Å². The van der Waals surface area contributed by atoms with E-state index in [9.17, 15) is 4.79 Å². The van der Waals surface area contributed by atoms with E-state index in [4.69, 9.17) is 9.47 Å². The van der Waals surface area contributed by atoms with Gasteiger partial charge in [-0.1, -0.05) is 6.07 Å². The van der Waals surface area contributed by atoms with Crippen molar-refractivity contribution in [2.45, 2.75) is 19.5 Å². The lowest BCUT2D eigenvalue weighted by molar-refractivity contribution is 0.0705. The first-order valence-electron chi connectivity index (χ1n) is 8.27. The summed E-state index contributed by atoms with van der Waals surface area (Å²) in [6, 6.07) is 11.5. The molecule has 0 radical (unpaired) electrons. The zero-order valence-electron chi connectivity index (χ0n) is 14.3. The van der Waals surface area contributed by atoms with Crippen LogP contribution in [0.25, 0.3) is 0 Å². The topological polar surface area (TPSA) is 43.7 Å². The number of hydrogen-bond donors (Lipinski definition) is 0. The molecule has 0 spiro atoms. The van der Waals surface area contributed by atoms with E-state index in [1.807, 2.05) is 29.2 Å². The molecule has 24 heavy (non-hydrogen) atoms. The number of amides is 1. The van der Waals surface area contributed by atoms with Crippen LogP contribution in [-0.4, -0.2) is 42.7 Å². The van der Waals surface area contributed by atoms with Crippen molar-refractivity contribution >= 4 is 5.91 Å². The number of carbonyl (C=O) groups excluding carboxylic acids is 1. The number of ether oxygens (including phenoxy) is 2. The van der Waals surface area contributed by atoms with Crippen LogP contribution in [0.2, 0.25) is 0 Å². The third-order valence-corrected chi connectivity index (χ3v) is 4.54. The average molecular weight is 328 g/mol. The molecule has 5 heteroatoms. The first-order valence-corrected chi connectivity index (χ1v) is 8.27. The summed E-state index contributed by atoms with van der Waals surface area (Å²) in [6.07, 6.45) is 3.03. The molecule has 5 nitrogen and oxygen atoms in total. The monoisotopic (exact) mass is 328 g/mol. The summed E-state index contributed by atoms with van der Waals surface area (Å²) in [7, 11) is 3.33. The Morgan fingerprint density at radius 2 is 2.08 bits per heavy atom. The Bertz CT molecular complexity index is 695. The zero-order valence-corrected chi connectivity index (χ0v) is 14.3. The molecule has 0 saturated carbocycles. The Hall–Kier alpha value is -2.27. The maximum absolute atomic E-state index is 13.0. The Morgan fingerprint density at radius 1 is 1.21 bits per heavy atom. The first kappa shape index (κ1) is 16.6. The van der Waals surface area contributed by atoms with Crippen LogP contribution in [0.4, 0.5) is 0 Å². The van der Waals surface area contributed by atoms with E-state index >= 15 is 0 Å². The van der Waals surface area contributed by atoms with Gasteiger partial charge in [-0.15, -0.1) is 0 Å². The van der Waals surface area contributed by atoms with E-state index in [0.29, 0.717) is 30.4 Å². The molecule has 0 saturated heterocycles. The Kier molecular flexibility index (Phi) is 5.20. The quantitative estimate of drug-likeness (QED) is 0.848. The second kappa shape index (κ2) is 7.53. The lowest BCUT2D eigenvalue weighted by Gasteiger charge is -2.24. The van der Waals surface area contributed by atoms with Crippen LogP contribution >= 0.6 is 0 Å². The Labute approximate surface area is 142 Å². The highest BCUT2D eigenvalue weighted by Crippen LogP contribution is 2.22. The minimum atomic E-state index is 0.0472. The molecule has 0 aliphatic carbocycles. The fourth-order valence-corrected chi connectivity index (χ4v) is 3.24. The van der Waals surface area contributed by atoms with Crippen LogP contribution in [0.15, 0.2) is 42.6 Å². The van der Waals surface area contributed by atoms with E-state index in [1.54, 1.807) is 20.3 Å². The van der Waals surface area contributed by atoms with E-state index in [-0.39, 0.29) is 5.91 Å². The van der Waals surface area contributed by atoms with Crippen LogP contribution in [-0.2, 0) is 17.8 Å². The van der Waals surface area contributed by atoms with Gasteiger partial charge in [0.05, 0.1) is 13.7 Å². The standard InChI is InChI=1S/C19H24N2O3/c1-23-10-8-15-12-20-9-4-6-17(20)14-21(13-15)19(22)16-5-3-7-18(11-16)24-2/h3-7,9,11,15H,8,10,12-14H2,1-2H3/t15-/m0/s1. The largest absolute Gasteiger partial charge is 0.497 e. The molecular formula is C19H24N2O3. The fraction of sp³-hybridized carbons (Fsp3) is 0.421. The predicted octanol–water partition coefficient (Wildman–Crippen LogP) is 2.81. The molecule has 0 unspecified atom stereocenters. The Morgan fingerprint density at radius 3 is 2.88 bits per heavy atom. The average Bonchev–Trinajstić information content (AvgIpc) is 2.97. The summed E-state index contributed by atoms with van der Waals surface area (Å²) in [6.45, 7) is 3.00. The fourth-order valence-electron chi connectivity index (χ4n) is 3.24. The molecule has 1 amide bonds. The highest BCUT2D eigenvalue weighted by molar-refractivity contribution is 5.94. The van der Waals surface area contributed by atoms with Crippen LogP contribution < -0.4 is 4.74 Å². The number of methoxy groups -OCH3 is 2. The zero-order chi connectivity index (χ0) is 16.9. The van der Waals surface area contributed by atoms with Gasteiger partial charge in [0, 0.05) is 44.3 Å². The molecule has 0 bridgehead atoms. The van der Waals surface area contributed by atoms with Crippen molar-refractivity contribution in [3.05, 3.63) is 53.9 Å². The third kappa shape index (κ3) is 3.62. The lowest BCUT2D eigenvalue weighted by atomic mass is 10.0. The molecule has 1 atom stereocenters. The van der Waals surface area contributed by atoms with Crippen LogP contribution in [0.1, 0.15) is 22.5 Å².